The number of nitrogens with one attached hydrogen (secondary N) is 1. The Morgan fingerprint density at radius 3 is 2.97 bits per heavy atom. The molecule has 1 N–H and O–H groups in total. The number of nitro groups is 1. The van der Waals surface area contributed by atoms with Crippen molar-refractivity contribution >= 4 is 23.4 Å². The zero-order valence-corrected chi connectivity index (χ0v) is 16.3. The Hall–Kier alpha value is -3.47. The van der Waals surface area contributed by atoms with Gasteiger partial charge in [-0.15, -0.1) is 11.8 Å². The van der Waals surface area contributed by atoms with Crippen LogP contribution in [0.1, 0.15) is 11.1 Å². The lowest BCUT2D eigenvalue weighted by atomic mass is 10.2. The first-order valence-electron chi connectivity index (χ1n) is 8.53. The molecule has 0 spiro atoms. The summed E-state index contributed by atoms with van der Waals surface area (Å²) in [6, 6.07) is 8.41. The molecule has 150 valence electrons. The van der Waals surface area contributed by atoms with Gasteiger partial charge >= 0.3 is 5.69 Å². The number of carbonyl (C=O) groups excluding carboxylic acids is 1. The van der Waals surface area contributed by atoms with Crippen LogP contribution < -0.4 is 10.1 Å². The van der Waals surface area contributed by atoms with Gasteiger partial charge in [0.15, 0.2) is 11.6 Å². The summed E-state index contributed by atoms with van der Waals surface area (Å²) in [5, 5.41) is 18.0. The third-order valence-corrected chi connectivity index (χ3v) is 4.92. The van der Waals surface area contributed by atoms with E-state index in [2.05, 4.69) is 20.4 Å². The van der Waals surface area contributed by atoms with Gasteiger partial charge in [-0.25, -0.2) is 14.6 Å². The predicted molar refractivity (Wildman–Crippen MR) is 107 cm³/mol. The SMILES string of the molecule is COc1ccc(CSCC(=O)NCc2cccnc2-n2cncn2)cc1[N+](=O)[O-]. The monoisotopic (exact) mass is 414 g/mol. The van der Waals surface area contributed by atoms with E-state index in [0.717, 1.165) is 11.1 Å². The Kier molecular flexibility index (Phi) is 6.74. The topological polar surface area (TPSA) is 125 Å². The lowest BCUT2D eigenvalue weighted by molar-refractivity contribution is -0.385. The molecule has 0 aliphatic rings. The normalized spacial score (nSPS) is 10.5. The molecule has 0 atom stereocenters. The zero-order valence-electron chi connectivity index (χ0n) is 15.5. The number of hydrogen-bond donors (Lipinski definition) is 1. The van der Waals surface area contributed by atoms with Crippen LogP contribution in [0, 0.1) is 10.1 Å². The average molecular weight is 414 g/mol. The maximum absolute atomic E-state index is 12.2. The van der Waals surface area contributed by atoms with Crippen molar-refractivity contribution in [2.24, 2.45) is 0 Å². The van der Waals surface area contributed by atoms with E-state index in [4.69, 9.17) is 4.74 Å². The van der Waals surface area contributed by atoms with Crippen LogP contribution in [0.5, 0.6) is 5.75 Å². The number of ether oxygens (including phenoxy) is 1. The molecule has 0 bridgehead atoms. The first-order chi connectivity index (χ1) is 14.1. The molecular weight excluding hydrogens is 396 g/mol. The van der Waals surface area contributed by atoms with Crippen molar-refractivity contribution in [3.05, 3.63) is 70.4 Å². The molecule has 3 aromatic rings. The van der Waals surface area contributed by atoms with Crippen molar-refractivity contribution in [1.29, 1.82) is 0 Å². The van der Waals surface area contributed by atoms with Crippen molar-refractivity contribution in [2.45, 2.75) is 12.3 Å². The van der Waals surface area contributed by atoms with Crippen LogP contribution in [0.4, 0.5) is 5.69 Å². The molecule has 11 heteroatoms. The quantitative estimate of drug-likeness (QED) is 0.417. The second kappa shape index (κ2) is 9.64. The fourth-order valence-corrected chi connectivity index (χ4v) is 3.37. The highest BCUT2D eigenvalue weighted by atomic mass is 32.2. The Balaban J connectivity index is 1.52. The number of nitro benzene ring substituents is 1. The molecule has 1 amide bonds. The predicted octanol–water partition coefficient (Wildman–Crippen LogP) is 2.13. The van der Waals surface area contributed by atoms with E-state index in [1.165, 1.54) is 42.3 Å². The van der Waals surface area contributed by atoms with Gasteiger partial charge in [-0.1, -0.05) is 12.1 Å². The highest BCUT2D eigenvalue weighted by Crippen LogP contribution is 2.28. The average Bonchev–Trinajstić information content (AvgIpc) is 3.27. The lowest BCUT2D eigenvalue weighted by Crippen LogP contribution is -2.25. The summed E-state index contributed by atoms with van der Waals surface area (Å²) < 4.78 is 6.52. The molecule has 2 heterocycles. The molecule has 0 aliphatic heterocycles. The van der Waals surface area contributed by atoms with Crippen LogP contribution in [-0.4, -0.2) is 43.4 Å². The van der Waals surface area contributed by atoms with E-state index in [9.17, 15) is 14.9 Å². The van der Waals surface area contributed by atoms with Gasteiger partial charge in [-0.05, 0) is 17.7 Å². The molecule has 1 aromatic carbocycles. The molecule has 0 saturated carbocycles. The zero-order chi connectivity index (χ0) is 20.6. The van der Waals surface area contributed by atoms with Gasteiger partial charge in [-0.3, -0.25) is 14.9 Å². The van der Waals surface area contributed by atoms with Crippen LogP contribution in [0.2, 0.25) is 0 Å². The first-order valence-corrected chi connectivity index (χ1v) is 9.68. The summed E-state index contributed by atoms with van der Waals surface area (Å²) in [4.78, 5) is 30.9. The highest BCUT2D eigenvalue weighted by Gasteiger charge is 2.15. The van der Waals surface area contributed by atoms with Gasteiger partial charge in [0, 0.05) is 30.1 Å². The van der Waals surface area contributed by atoms with Gasteiger partial charge < -0.3 is 10.1 Å². The molecule has 0 aliphatic carbocycles. The van der Waals surface area contributed by atoms with Crippen LogP contribution in [0.25, 0.3) is 5.82 Å². The van der Waals surface area contributed by atoms with Crippen LogP contribution >= 0.6 is 11.8 Å². The Bertz CT molecular complexity index is 996. The van der Waals surface area contributed by atoms with Crippen LogP contribution in [-0.2, 0) is 17.1 Å². The second-order valence-corrected chi connectivity index (χ2v) is 6.84. The fraction of sp³-hybridized carbons (Fsp3) is 0.222. The number of nitrogens with zero attached hydrogens (tertiary/aromatic N) is 5. The number of rotatable bonds is 9. The maximum atomic E-state index is 12.2. The number of pyridine rings is 1. The van der Waals surface area contributed by atoms with E-state index in [0.29, 0.717) is 18.1 Å². The number of aromatic nitrogens is 4. The van der Waals surface area contributed by atoms with E-state index in [1.807, 2.05) is 6.07 Å². The van der Waals surface area contributed by atoms with E-state index in [-0.39, 0.29) is 23.1 Å². The minimum Gasteiger partial charge on any atom is -0.490 e. The van der Waals surface area contributed by atoms with Crippen LogP contribution in [0.15, 0.2) is 49.2 Å². The van der Waals surface area contributed by atoms with Gasteiger partial charge in [0.25, 0.3) is 0 Å². The fourth-order valence-electron chi connectivity index (χ4n) is 2.57. The van der Waals surface area contributed by atoms with Gasteiger partial charge in [0.05, 0.1) is 17.8 Å². The number of hydrogen-bond acceptors (Lipinski definition) is 8. The molecule has 10 nitrogen and oxygen atoms in total. The summed E-state index contributed by atoms with van der Waals surface area (Å²) in [6.07, 6.45) is 4.60. The van der Waals surface area contributed by atoms with Crippen molar-refractivity contribution < 1.29 is 14.5 Å². The minimum absolute atomic E-state index is 0.0905. The van der Waals surface area contributed by atoms with Crippen molar-refractivity contribution in [1.82, 2.24) is 25.1 Å². The molecule has 3 rings (SSSR count). The van der Waals surface area contributed by atoms with E-state index in [1.54, 1.807) is 24.4 Å². The number of carbonyl (C=O) groups is 1. The summed E-state index contributed by atoms with van der Waals surface area (Å²) in [5.41, 5.74) is 1.46. The molecule has 0 saturated heterocycles. The van der Waals surface area contributed by atoms with Crippen LogP contribution in [0.3, 0.4) is 0 Å². The van der Waals surface area contributed by atoms with Crippen molar-refractivity contribution in [3.63, 3.8) is 0 Å². The highest BCUT2D eigenvalue weighted by molar-refractivity contribution is 7.99. The van der Waals surface area contributed by atoms with Gasteiger partial charge in [0.2, 0.25) is 5.91 Å². The summed E-state index contributed by atoms with van der Waals surface area (Å²) >= 11 is 1.37. The summed E-state index contributed by atoms with van der Waals surface area (Å²) in [5.74, 6) is 1.35. The number of methoxy groups -OCH3 is 1. The third kappa shape index (κ3) is 5.29. The minimum atomic E-state index is -0.486. The van der Waals surface area contributed by atoms with Crippen molar-refractivity contribution in [3.8, 4) is 11.6 Å². The molecule has 0 radical (unpaired) electrons. The van der Waals surface area contributed by atoms with E-state index >= 15 is 0 Å². The van der Waals surface area contributed by atoms with Gasteiger partial charge in [0.1, 0.15) is 12.7 Å². The molecule has 0 fully saturated rings. The molecule has 0 unspecified atom stereocenters. The summed E-state index contributed by atoms with van der Waals surface area (Å²) in [6.45, 7) is 0.302. The van der Waals surface area contributed by atoms with Gasteiger partial charge in [-0.2, -0.15) is 5.10 Å². The Labute approximate surface area is 170 Å². The molecule has 29 heavy (non-hydrogen) atoms. The Morgan fingerprint density at radius 1 is 1.38 bits per heavy atom. The number of benzene rings is 1. The smallest absolute Gasteiger partial charge is 0.311 e. The maximum Gasteiger partial charge on any atom is 0.311 e. The first kappa shape index (κ1) is 20.3. The van der Waals surface area contributed by atoms with E-state index < -0.39 is 4.92 Å². The largest absolute Gasteiger partial charge is 0.490 e. The molecule has 2 aromatic heterocycles. The second-order valence-electron chi connectivity index (χ2n) is 5.86. The molecular formula is C18H18N6O4S. The standard InChI is InChI=1S/C18H18N6O4S/c1-28-16-5-4-13(7-15(16)24(26)27)9-29-10-17(25)21-8-14-3-2-6-20-18(14)23-12-19-11-22-23/h2-7,11-12H,8-10H2,1H3,(H,21,25). The summed E-state index contributed by atoms with van der Waals surface area (Å²) in [7, 11) is 1.39. The third-order valence-electron chi connectivity index (χ3n) is 3.92. The number of thioether (sulfide) groups is 1. The lowest BCUT2D eigenvalue weighted by Gasteiger charge is -2.09. The Morgan fingerprint density at radius 2 is 2.24 bits per heavy atom. The van der Waals surface area contributed by atoms with Crippen molar-refractivity contribution in [2.75, 3.05) is 12.9 Å². The number of amides is 1.